The molecule has 0 radical (unpaired) electrons. The quantitative estimate of drug-likeness (QED) is 0.580. The summed E-state index contributed by atoms with van der Waals surface area (Å²) in [4.78, 5) is 11.7. The smallest absolute Gasteiger partial charge is 0.236 e. The first-order valence-electron chi connectivity index (χ1n) is 6.15. The van der Waals surface area contributed by atoms with Gasteiger partial charge in [0.2, 0.25) is 5.91 Å². The molecule has 0 fully saturated rings. The highest BCUT2D eigenvalue weighted by Gasteiger charge is 2.16. The van der Waals surface area contributed by atoms with Crippen molar-refractivity contribution < 1.29 is 9.90 Å². The minimum Gasteiger partial charge on any atom is -0.396 e. The first-order chi connectivity index (χ1) is 7.51. The van der Waals surface area contributed by atoms with E-state index in [1.165, 1.54) is 0 Å². The number of hydrogen-bond acceptors (Lipinski definition) is 3. The lowest BCUT2D eigenvalue weighted by Crippen LogP contribution is -2.47. The topological polar surface area (TPSA) is 61.4 Å². The number of aliphatic hydroxyl groups is 1. The molecule has 3 N–H and O–H groups in total. The Morgan fingerprint density at radius 2 is 1.94 bits per heavy atom. The van der Waals surface area contributed by atoms with Gasteiger partial charge in [0.25, 0.3) is 0 Å². The SMILES string of the molecule is CCC(CCO)NC(C)C(=O)NCC(C)C. The maximum atomic E-state index is 11.7. The molecule has 1 amide bonds. The van der Waals surface area contributed by atoms with Crippen LogP contribution in [0.3, 0.4) is 0 Å². The molecule has 0 rings (SSSR count). The van der Waals surface area contributed by atoms with E-state index >= 15 is 0 Å². The van der Waals surface area contributed by atoms with Crippen molar-refractivity contribution in [2.75, 3.05) is 13.2 Å². The Kier molecular flexibility index (Phi) is 8.21. The van der Waals surface area contributed by atoms with Crippen molar-refractivity contribution in [2.24, 2.45) is 5.92 Å². The van der Waals surface area contributed by atoms with Crippen LogP contribution in [0.2, 0.25) is 0 Å². The third-order valence-electron chi connectivity index (χ3n) is 2.53. The molecule has 0 aliphatic heterocycles. The van der Waals surface area contributed by atoms with E-state index in [2.05, 4.69) is 24.5 Å². The van der Waals surface area contributed by atoms with E-state index < -0.39 is 0 Å². The van der Waals surface area contributed by atoms with E-state index in [9.17, 15) is 4.79 Å². The second kappa shape index (κ2) is 8.53. The minimum atomic E-state index is -0.199. The summed E-state index contributed by atoms with van der Waals surface area (Å²) in [7, 11) is 0. The predicted molar refractivity (Wildman–Crippen MR) is 66.2 cm³/mol. The number of nitrogens with one attached hydrogen (secondary N) is 2. The van der Waals surface area contributed by atoms with Crippen LogP contribution >= 0.6 is 0 Å². The Hall–Kier alpha value is -0.610. The van der Waals surface area contributed by atoms with Crippen molar-refractivity contribution in [3.8, 4) is 0 Å². The summed E-state index contributed by atoms with van der Waals surface area (Å²) >= 11 is 0. The third-order valence-corrected chi connectivity index (χ3v) is 2.53. The number of carbonyl (C=O) groups is 1. The molecule has 4 heteroatoms. The maximum absolute atomic E-state index is 11.7. The number of amides is 1. The monoisotopic (exact) mass is 230 g/mol. The van der Waals surface area contributed by atoms with Gasteiger partial charge in [0, 0.05) is 19.2 Å². The summed E-state index contributed by atoms with van der Waals surface area (Å²) < 4.78 is 0. The zero-order valence-corrected chi connectivity index (χ0v) is 10.9. The predicted octanol–water partition coefficient (Wildman–Crippen LogP) is 0.898. The Bertz CT molecular complexity index is 195. The van der Waals surface area contributed by atoms with E-state index in [0.717, 1.165) is 6.42 Å². The van der Waals surface area contributed by atoms with E-state index in [1.54, 1.807) is 0 Å². The molecule has 0 spiro atoms. The fraction of sp³-hybridized carbons (Fsp3) is 0.917. The van der Waals surface area contributed by atoms with Gasteiger partial charge in [0.05, 0.1) is 6.04 Å². The van der Waals surface area contributed by atoms with Crippen LogP contribution in [0.15, 0.2) is 0 Å². The highest BCUT2D eigenvalue weighted by Crippen LogP contribution is 1.99. The summed E-state index contributed by atoms with van der Waals surface area (Å²) in [5.74, 6) is 0.501. The van der Waals surface area contributed by atoms with Gasteiger partial charge in [-0.05, 0) is 25.7 Å². The molecule has 2 atom stereocenters. The van der Waals surface area contributed by atoms with E-state index in [4.69, 9.17) is 5.11 Å². The largest absolute Gasteiger partial charge is 0.396 e. The number of carbonyl (C=O) groups excluding carboxylic acids is 1. The van der Waals surface area contributed by atoms with Gasteiger partial charge >= 0.3 is 0 Å². The first kappa shape index (κ1) is 15.4. The Balaban J connectivity index is 3.92. The molecular weight excluding hydrogens is 204 g/mol. The summed E-state index contributed by atoms with van der Waals surface area (Å²) in [6.45, 7) is 8.91. The summed E-state index contributed by atoms with van der Waals surface area (Å²) in [5, 5.41) is 15.0. The zero-order valence-electron chi connectivity index (χ0n) is 10.9. The molecule has 0 aromatic rings. The Morgan fingerprint density at radius 3 is 2.38 bits per heavy atom. The third kappa shape index (κ3) is 6.80. The van der Waals surface area contributed by atoms with Gasteiger partial charge in [-0.25, -0.2) is 0 Å². The Labute approximate surface area is 98.8 Å². The van der Waals surface area contributed by atoms with E-state index in [1.807, 2.05) is 13.8 Å². The number of rotatable bonds is 8. The lowest BCUT2D eigenvalue weighted by Gasteiger charge is -2.21. The fourth-order valence-corrected chi connectivity index (χ4v) is 1.45. The standard InChI is InChI=1S/C12H26N2O2/c1-5-11(6-7-15)14-10(4)12(16)13-8-9(2)3/h9-11,14-15H,5-8H2,1-4H3,(H,13,16). The van der Waals surface area contributed by atoms with Crippen molar-refractivity contribution in [3.63, 3.8) is 0 Å². The van der Waals surface area contributed by atoms with Crippen molar-refractivity contribution in [3.05, 3.63) is 0 Å². The van der Waals surface area contributed by atoms with Crippen LogP contribution in [-0.4, -0.2) is 36.2 Å². The van der Waals surface area contributed by atoms with E-state index in [-0.39, 0.29) is 24.6 Å². The zero-order chi connectivity index (χ0) is 12.6. The summed E-state index contributed by atoms with van der Waals surface area (Å²) in [6.07, 6.45) is 1.61. The molecule has 0 saturated carbocycles. The van der Waals surface area contributed by atoms with Crippen LogP contribution < -0.4 is 10.6 Å². The van der Waals surface area contributed by atoms with Crippen molar-refractivity contribution in [1.29, 1.82) is 0 Å². The highest BCUT2D eigenvalue weighted by molar-refractivity contribution is 5.81. The second-order valence-corrected chi connectivity index (χ2v) is 4.64. The van der Waals surface area contributed by atoms with Gasteiger partial charge in [-0.15, -0.1) is 0 Å². The lowest BCUT2D eigenvalue weighted by atomic mass is 10.1. The molecule has 0 aliphatic carbocycles. The van der Waals surface area contributed by atoms with Crippen LogP contribution in [0.1, 0.15) is 40.5 Å². The molecule has 4 nitrogen and oxygen atoms in total. The molecule has 0 saturated heterocycles. The van der Waals surface area contributed by atoms with Gasteiger partial charge < -0.3 is 15.7 Å². The lowest BCUT2D eigenvalue weighted by molar-refractivity contribution is -0.123. The summed E-state index contributed by atoms with van der Waals surface area (Å²) in [5.41, 5.74) is 0. The average molecular weight is 230 g/mol. The van der Waals surface area contributed by atoms with Gasteiger partial charge in [-0.1, -0.05) is 20.8 Å². The summed E-state index contributed by atoms with van der Waals surface area (Å²) in [6, 6.07) is 0.0139. The van der Waals surface area contributed by atoms with Crippen LogP contribution in [0.25, 0.3) is 0 Å². The molecule has 96 valence electrons. The first-order valence-corrected chi connectivity index (χ1v) is 6.15. The van der Waals surface area contributed by atoms with Crippen molar-refractivity contribution in [1.82, 2.24) is 10.6 Å². The molecule has 0 aromatic heterocycles. The van der Waals surface area contributed by atoms with Gasteiger partial charge in [-0.2, -0.15) is 0 Å². The normalized spacial score (nSPS) is 14.9. The molecule has 0 aromatic carbocycles. The second-order valence-electron chi connectivity index (χ2n) is 4.64. The van der Waals surface area contributed by atoms with Crippen molar-refractivity contribution in [2.45, 2.75) is 52.6 Å². The van der Waals surface area contributed by atoms with Gasteiger partial charge in [-0.3, -0.25) is 4.79 Å². The van der Waals surface area contributed by atoms with Crippen LogP contribution in [0.4, 0.5) is 0 Å². The van der Waals surface area contributed by atoms with Gasteiger partial charge in [0.1, 0.15) is 0 Å². The van der Waals surface area contributed by atoms with Crippen LogP contribution in [0.5, 0.6) is 0 Å². The van der Waals surface area contributed by atoms with Crippen LogP contribution in [-0.2, 0) is 4.79 Å². The van der Waals surface area contributed by atoms with Crippen LogP contribution in [0, 0.1) is 5.92 Å². The van der Waals surface area contributed by atoms with Crippen molar-refractivity contribution >= 4 is 5.91 Å². The number of hydrogen-bond donors (Lipinski definition) is 3. The van der Waals surface area contributed by atoms with Gasteiger partial charge in [0.15, 0.2) is 0 Å². The molecule has 2 unspecified atom stereocenters. The molecule has 16 heavy (non-hydrogen) atoms. The highest BCUT2D eigenvalue weighted by atomic mass is 16.3. The molecule has 0 heterocycles. The molecule has 0 aliphatic rings. The average Bonchev–Trinajstić information content (AvgIpc) is 2.24. The molecular formula is C12H26N2O2. The maximum Gasteiger partial charge on any atom is 0.236 e. The number of aliphatic hydroxyl groups excluding tert-OH is 1. The Morgan fingerprint density at radius 1 is 1.31 bits per heavy atom. The van der Waals surface area contributed by atoms with E-state index in [0.29, 0.717) is 18.9 Å². The fourth-order valence-electron chi connectivity index (χ4n) is 1.45. The minimum absolute atomic E-state index is 0.0325. The molecule has 0 bridgehead atoms.